The third-order valence-electron chi connectivity index (χ3n) is 0.788. The second-order valence-corrected chi connectivity index (χ2v) is 2.88. The standard InChI is InChI=1S/C3HBr2N3O2/c4-7-1-6-2(9)8(5)3(7)10/h1H. The fraction of sp³-hybridized carbons (Fsp3) is 0. The molecule has 1 heterocycles. The van der Waals surface area contributed by atoms with Gasteiger partial charge in [-0.1, -0.05) is 0 Å². The summed E-state index contributed by atoms with van der Waals surface area (Å²) in [4.78, 5) is 24.7. The molecule has 0 fully saturated rings. The molecular weight excluding hydrogens is 270 g/mol. The molecule has 7 heteroatoms. The number of hydrogen-bond acceptors (Lipinski definition) is 3. The largest absolute Gasteiger partial charge is 0.363 e. The lowest BCUT2D eigenvalue weighted by atomic mass is 11.0. The average Bonchev–Trinajstić information content (AvgIpc) is 1.93. The summed E-state index contributed by atoms with van der Waals surface area (Å²) in [5.74, 6) is 0. The molecule has 0 atom stereocenters. The molecule has 0 amide bonds. The van der Waals surface area contributed by atoms with Crippen LogP contribution in [0.2, 0.25) is 0 Å². The van der Waals surface area contributed by atoms with E-state index in [0.717, 1.165) is 9.92 Å². The third-order valence-corrected chi connectivity index (χ3v) is 1.88. The molecule has 0 bridgehead atoms. The highest BCUT2D eigenvalue weighted by Gasteiger charge is 1.98. The Morgan fingerprint density at radius 1 is 1.40 bits per heavy atom. The molecule has 54 valence electrons. The van der Waals surface area contributed by atoms with E-state index in [4.69, 9.17) is 0 Å². The minimum absolute atomic E-state index is 0.528. The van der Waals surface area contributed by atoms with E-state index < -0.39 is 11.4 Å². The van der Waals surface area contributed by atoms with Gasteiger partial charge < -0.3 is 0 Å². The Hall–Kier alpha value is -0.430. The minimum atomic E-state index is -0.638. The highest BCUT2D eigenvalue weighted by Crippen LogP contribution is 1.81. The molecule has 5 nitrogen and oxygen atoms in total. The van der Waals surface area contributed by atoms with Crippen molar-refractivity contribution in [1.82, 2.24) is 12.2 Å². The number of rotatable bonds is 0. The van der Waals surface area contributed by atoms with E-state index in [-0.39, 0.29) is 0 Å². The zero-order chi connectivity index (χ0) is 7.72. The lowest BCUT2D eigenvalue weighted by Crippen LogP contribution is -2.32. The van der Waals surface area contributed by atoms with Gasteiger partial charge in [0, 0.05) is 0 Å². The van der Waals surface area contributed by atoms with E-state index in [1.807, 2.05) is 0 Å². The fourth-order valence-electron chi connectivity index (χ4n) is 0.366. The van der Waals surface area contributed by atoms with Crippen molar-refractivity contribution in [2.45, 2.75) is 0 Å². The van der Waals surface area contributed by atoms with Crippen LogP contribution in [-0.4, -0.2) is 12.2 Å². The monoisotopic (exact) mass is 269 g/mol. The van der Waals surface area contributed by atoms with Crippen molar-refractivity contribution >= 4 is 32.3 Å². The van der Waals surface area contributed by atoms with Crippen molar-refractivity contribution in [2.24, 2.45) is 0 Å². The first-order chi connectivity index (χ1) is 4.63. The number of aromatic nitrogens is 3. The molecule has 0 unspecified atom stereocenters. The summed E-state index contributed by atoms with van der Waals surface area (Å²) in [5.41, 5.74) is -1.17. The summed E-state index contributed by atoms with van der Waals surface area (Å²) >= 11 is 5.54. The van der Waals surface area contributed by atoms with Gasteiger partial charge in [-0.25, -0.2) is 13.2 Å². The van der Waals surface area contributed by atoms with Gasteiger partial charge in [-0.2, -0.15) is 8.58 Å². The SMILES string of the molecule is O=c1ncn(Br)c(=O)n1Br. The Labute approximate surface area is 72.0 Å². The quantitative estimate of drug-likeness (QED) is 0.652. The molecule has 1 rings (SSSR count). The lowest BCUT2D eigenvalue weighted by Gasteiger charge is -1.92. The summed E-state index contributed by atoms with van der Waals surface area (Å²) in [6, 6.07) is 0. The molecule has 0 aromatic carbocycles. The van der Waals surface area contributed by atoms with Crippen molar-refractivity contribution in [1.29, 1.82) is 0 Å². The van der Waals surface area contributed by atoms with Gasteiger partial charge in [-0.3, -0.25) is 0 Å². The van der Waals surface area contributed by atoms with Crippen LogP contribution in [0.4, 0.5) is 0 Å². The molecule has 0 spiro atoms. The Kier molecular flexibility index (Phi) is 2.05. The predicted molar refractivity (Wildman–Crippen MR) is 41.4 cm³/mol. The van der Waals surface area contributed by atoms with Crippen molar-refractivity contribution in [2.75, 3.05) is 0 Å². The molecule has 0 aliphatic rings. The van der Waals surface area contributed by atoms with Gasteiger partial charge in [0.25, 0.3) is 0 Å². The highest BCUT2D eigenvalue weighted by molar-refractivity contribution is 9.08. The molecule has 0 aliphatic carbocycles. The lowest BCUT2D eigenvalue weighted by molar-refractivity contribution is 0.878. The van der Waals surface area contributed by atoms with Crippen LogP contribution in [0.1, 0.15) is 0 Å². The topological polar surface area (TPSA) is 56.9 Å². The van der Waals surface area contributed by atoms with Crippen molar-refractivity contribution < 1.29 is 0 Å². The van der Waals surface area contributed by atoms with Crippen LogP contribution in [0, 0.1) is 0 Å². The molecule has 0 saturated heterocycles. The summed E-state index contributed by atoms with van der Waals surface area (Å²) < 4.78 is 1.71. The molecule has 1 aromatic rings. The van der Waals surface area contributed by atoms with Crippen molar-refractivity contribution in [3.8, 4) is 0 Å². The number of halogens is 2. The summed E-state index contributed by atoms with van der Waals surface area (Å²) in [6.45, 7) is 0. The van der Waals surface area contributed by atoms with Crippen molar-refractivity contribution in [3.63, 3.8) is 0 Å². The maximum absolute atomic E-state index is 10.8. The summed E-state index contributed by atoms with van der Waals surface area (Å²) in [5, 5.41) is 0. The Bertz CT molecular complexity index is 354. The maximum Gasteiger partial charge on any atom is 0.363 e. The Morgan fingerprint density at radius 2 is 2.00 bits per heavy atom. The molecule has 0 radical (unpaired) electrons. The van der Waals surface area contributed by atoms with E-state index in [2.05, 4.69) is 37.3 Å². The molecule has 0 aliphatic heterocycles. The summed E-state index contributed by atoms with van der Waals surface area (Å²) in [6.07, 6.45) is 1.09. The van der Waals surface area contributed by atoms with E-state index in [1.54, 1.807) is 0 Å². The zero-order valence-corrected chi connectivity index (χ0v) is 7.66. The predicted octanol–water partition coefficient (Wildman–Crippen LogP) is -0.279. The van der Waals surface area contributed by atoms with Crippen LogP contribution in [0.3, 0.4) is 0 Å². The average molecular weight is 271 g/mol. The van der Waals surface area contributed by atoms with Gasteiger partial charge in [0.15, 0.2) is 0 Å². The van der Waals surface area contributed by atoms with Crippen LogP contribution in [0.5, 0.6) is 0 Å². The first kappa shape index (κ1) is 7.67. The molecule has 0 N–H and O–H groups in total. The molecular formula is C3HBr2N3O2. The van der Waals surface area contributed by atoms with Gasteiger partial charge in [-0.05, 0) is 0 Å². The second kappa shape index (κ2) is 2.67. The minimum Gasteiger partial charge on any atom is -0.246 e. The van der Waals surface area contributed by atoms with Crippen LogP contribution in [0.15, 0.2) is 15.9 Å². The second-order valence-electron chi connectivity index (χ2n) is 1.40. The fourth-order valence-corrected chi connectivity index (χ4v) is 1.09. The molecule has 10 heavy (non-hydrogen) atoms. The van der Waals surface area contributed by atoms with Gasteiger partial charge in [0.05, 0.1) is 32.3 Å². The van der Waals surface area contributed by atoms with E-state index in [9.17, 15) is 9.59 Å². The van der Waals surface area contributed by atoms with Crippen LogP contribution in [-0.2, 0) is 0 Å². The van der Waals surface area contributed by atoms with Gasteiger partial charge in [0.1, 0.15) is 6.33 Å². The highest BCUT2D eigenvalue weighted by atomic mass is 79.9. The molecule has 1 aromatic heterocycles. The van der Waals surface area contributed by atoms with Crippen LogP contribution < -0.4 is 11.4 Å². The van der Waals surface area contributed by atoms with Crippen LogP contribution in [0.25, 0.3) is 0 Å². The zero-order valence-electron chi connectivity index (χ0n) is 4.49. The Morgan fingerprint density at radius 3 is 2.50 bits per heavy atom. The molecule has 0 saturated carbocycles. The van der Waals surface area contributed by atoms with E-state index in [0.29, 0.717) is 3.59 Å². The summed E-state index contributed by atoms with van der Waals surface area (Å²) in [7, 11) is 0. The smallest absolute Gasteiger partial charge is 0.246 e. The van der Waals surface area contributed by atoms with E-state index >= 15 is 0 Å². The van der Waals surface area contributed by atoms with Gasteiger partial charge >= 0.3 is 11.4 Å². The van der Waals surface area contributed by atoms with Gasteiger partial charge in [-0.15, -0.1) is 0 Å². The number of nitrogens with zero attached hydrogens (tertiary/aromatic N) is 3. The van der Waals surface area contributed by atoms with Gasteiger partial charge in [0.2, 0.25) is 0 Å². The Balaban J connectivity index is 3.66. The first-order valence-electron chi connectivity index (χ1n) is 2.16. The normalized spacial score (nSPS) is 9.80. The third kappa shape index (κ3) is 1.19. The maximum atomic E-state index is 10.8. The van der Waals surface area contributed by atoms with Crippen LogP contribution >= 0.6 is 32.3 Å². The first-order valence-corrected chi connectivity index (χ1v) is 3.58. The van der Waals surface area contributed by atoms with Crippen molar-refractivity contribution in [3.05, 3.63) is 27.3 Å². The number of hydrogen-bond donors (Lipinski definition) is 0. The van der Waals surface area contributed by atoms with E-state index in [1.165, 1.54) is 0 Å².